The standard InChI is InChI=1S/C20H12Cl2N6S/c21-14-8-6-12(15(22)10-14)7-9-18-27-28-19(25-26-20(28)29-18)17-11-16(23-24-17)13-4-2-1-3-5-13/h1-11H,(H,23,24)/b9-7+. The lowest BCUT2D eigenvalue weighted by atomic mass is 10.1. The molecule has 0 spiro atoms. The monoisotopic (exact) mass is 438 g/mol. The highest BCUT2D eigenvalue weighted by Crippen LogP contribution is 2.26. The largest absolute Gasteiger partial charge is 0.274 e. The number of rotatable bonds is 4. The summed E-state index contributed by atoms with van der Waals surface area (Å²) < 4.78 is 1.70. The molecule has 0 radical (unpaired) electrons. The first kappa shape index (κ1) is 18.1. The van der Waals surface area contributed by atoms with Crippen molar-refractivity contribution in [3.63, 3.8) is 0 Å². The van der Waals surface area contributed by atoms with Gasteiger partial charge < -0.3 is 0 Å². The lowest BCUT2D eigenvalue weighted by Crippen LogP contribution is -1.90. The Hall–Kier alpha value is -3.00. The Morgan fingerprint density at radius 3 is 2.66 bits per heavy atom. The van der Waals surface area contributed by atoms with E-state index in [9.17, 15) is 0 Å². The second kappa shape index (κ2) is 7.44. The van der Waals surface area contributed by atoms with Gasteiger partial charge in [-0.2, -0.15) is 14.7 Å². The number of aromatic amines is 1. The maximum atomic E-state index is 6.22. The van der Waals surface area contributed by atoms with Gasteiger partial charge in [0.05, 0.1) is 5.69 Å². The van der Waals surface area contributed by atoms with Crippen LogP contribution in [0.3, 0.4) is 0 Å². The molecule has 6 nitrogen and oxygen atoms in total. The number of H-pyrrole nitrogens is 1. The van der Waals surface area contributed by atoms with Crippen LogP contribution < -0.4 is 0 Å². The van der Waals surface area contributed by atoms with Crippen molar-refractivity contribution in [2.75, 3.05) is 0 Å². The smallest absolute Gasteiger partial charge is 0.235 e. The summed E-state index contributed by atoms with van der Waals surface area (Å²) in [6.07, 6.45) is 3.79. The summed E-state index contributed by atoms with van der Waals surface area (Å²) in [7, 11) is 0. The van der Waals surface area contributed by atoms with Gasteiger partial charge in [0.1, 0.15) is 10.7 Å². The van der Waals surface area contributed by atoms with Gasteiger partial charge in [-0.05, 0) is 29.8 Å². The molecular weight excluding hydrogens is 427 g/mol. The van der Waals surface area contributed by atoms with Crippen LogP contribution in [0.15, 0.2) is 54.6 Å². The summed E-state index contributed by atoms with van der Waals surface area (Å²) >= 11 is 13.6. The molecule has 0 saturated heterocycles. The zero-order chi connectivity index (χ0) is 19.8. The van der Waals surface area contributed by atoms with Crippen LogP contribution in [0, 0.1) is 0 Å². The van der Waals surface area contributed by atoms with E-state index < -0.39 is 0 Å². The van der Waals surface area contributed by atoms with Gasteiger partial charge in [-0.3, -0.25) is 5.10 Å². The molecule has 0 unspecified atom stereocenters. The minimum atomic E-state index is 0.586. The molecule has 29 heavy (non-hydrogen) atoms. The molecule has 142 valence electrons. The number of fused-ring (bicyclic) bond motifs is 1. The zero-order valence-electron chi connectivity index (χ0n) is 14.8. The molecule has 0 amide bonds. The van der Waals surface area contributed by atoms with E-state index in [1.54, 1.807) is 16.6 Å². The highest BCUT2D eigenvalue weighted by atomic mass is 35.5. The van der Waals surface area contributed by atoms with Crippen molar-refractivity contribution in [1.29, 1.82) is 0 Å². The predicted molar refractivity (Wildman–Crippen MR) is 117 cm³/mol. The van der Waals surface area contributed by atoms with E-state index >= 15 is 0 Å². The molecule has 9 heteroatoms. The third-order valence-electron chi connectivity index (χ3n) is 4.26. The number of nitrogens with one attached hydrogen (secondary N) is 1. The van der Waals surface area contributed by atoms with E-state index in [2.05, 4.69) is 25.5 Å². The Labute approximate surface area is 179 Å². The van der Waals surface area contributed by atoms with Crippen LogP contribution in [0.2, 0.25) is 10.0 Å². The van der Waals surface area contributed by atoms with E-state index in [-0.39, 0.29) is 0 Å². The molecule has 0 fully saturated rings. The van der Waals surface area contributed by atoms with Crippen molar-refractivity contribution in [1.82, 2.24) is 30.0 Å². The number of nitrogens with zero attached hydrogens (tertiary/aromatic N) is 5. The fourth-order valence-corrected chi connectivity index (χ4v) is 4.07. The zero-order valence-corrected chi connectivity index (χ0v) is 17.1. The van der Waals surface area contributed by atoms with Crippen LogP contribution in [-0.4, -0.2) is 30.0 Å². The maximum absolute atomic E-state index is 6.22. The minimum Gasteiger partial charge on any atom is -0.274 e. The SMILES string of the molecule is Clc1ccc(/C=C/c2nn3c(-c4cc(-c5ccccc5)n[nH]4)nnc3s2)c(Cl)c1. The van der Waals surface area contributed by atoms with Gasteiger partial charge >= 0.3 is 0 Å². The summed E-state index contributed by atoms with van der Waals surface area (Å²) in [4.78, 5) is 0.692. The topological polar surface area (TPSA) is 71.8 Å². The van der Waals surface area contributed by atoms with Crippen LogP contribution in [0.1, 0.15) is 10.6 Å². The Morgan fingerprint density at radius 1 is 0.966 bits per heavy atom. The van der Waals surface area contributed by atoms with Crippen molar-refractivity contribution in [3.8, 4) is 22.8 Å². The van der Waals surface area contributed by atoms with Crippen LogP contribution in [-0.2, 0) is 0 Å². The Balaban J connectivity index is 1.46. The molecule has 0 bridgehead atoms. The predicted octanol–water partition coefficient (Wildman–Crippen LogP) is 5.72. The molecular formula is C20H12Cl2N6S. The third-order valence-corrected chi connectivity index (χ3v) is 5.69. The van der Waals surface area contributed by atoms with Gasteiger partial charge in [0.2, 0.25) is 10.8 Å². The van der Waals surface area contributed by atoms with Crippen molar-refractivity contribution < 1.29 is 0 Å². The molecule has 3 aromatic heterocycles. The molecule has 5 aromatic rings. The molecule has 3 heterocycles. The Bertz CT molecular complexity index is 1340. The average Bonchev–Trinajstić information content (AvgIpc) is 3.43. The number of benzene rings is 2. The molecule has 0 saturated carbocycles. The van der Waals surface area contributed by atoms with Gasteiger partial charge in [0, 0.05) is 15.6 Å². The van der Waals surface area contributed by atoms with Crippen molar-refractivity contribution >= 4 is 51.7 Å². The van der Waals surface area contributed by atoms with Gasteiger partial charge in [-0.1, -0.05) is 77.0 Å². The highest BCUT2D eigenvalue weighted by Gasteiger charge is 2.15. The average molecular weight is 439 g/mol. The first-order valence-corrected chi connectivity index (χ1v) is 10.2. The van der Waals surface area contributed by atoms with Crippen molar-refractivity contribution in [2.45, 2.75) is 0 Å². The van der Waals surface area contributed by atoms with Crippen molar-refractivity contribution in [3.05, 3.63) is 75.2 Å². The molecule has 2 aromatic carbocycles. The summed E-state index contributed by atoms with van der Waals surface area (Å²) in [5, 5.41) is 22.4. The summed E-state index contributed by atoms with van der Waals surface area (Å²) in [6.45, 7) is 0. The summed E-state index contributed by atoms with van der Waals surface area (Å²) in [6, 6.07) is 17.3. The first-order chi connectivity index (χ1) is 14.2. The Kier molecular flexibility index (Phi) is 4.63. The van der Waals surface area contributed by atoms with Crippen LogP contribution >= 0.6 is 34.5 Å². The van der Waals surface area contributed by atoms with E-state index in [0.29, 0.717) is 20.8 Å². The quantitative estimate of drug-likeness (QED) is 0.389. The lowest BCUT2D eigenvalue weighted by molar-refractivity contribution is 0.945. The summed E-state index contributed by atoms with van der Waals surface area (Å²) in [5.41, 5.74) is 3.48. The molecule has 5 rings (SSSR count). The summed E-state index contributed by atoms with van der Waals surface area (Å²) in [5.74, 6) is 0.607. The molecule has 1 N–H and O–H groups in total. The van der Waals surface area contributed by atoms with Crippen molar-refractivity contribution in [2.24, 2.45) is 0 Å². The van der Waals surface area contributed by atoms with E-state index in [4.69, 9.17) is 23.2 Å². The number of halogens is 2. The van der Waals surface area contributed by atoms with Gasteiger partial charge in [-0.15, -0.1) is 10.2 Å². The molecule has 0 aliphatic heterocycles. The fraction of sp³-hybridized carbons (Fsp3) is 0. The number of hydrogen-bond acceptors (Lipinski definition) is 5. The molecule has 0 aliphatic carbocycles. The normalized spacial score (nSPS) is 11.7. The minimum absolute atomic E-state index is 0.586. The second-order valence-electron chi connectivity index (χ2n) is 6.19. The van der Waals surface area contributed by atoms with E-state index in [1.165, 1.54) is 11.3 Å². The van der Waals surface area contributed by atoms with Gasteiger partial charge in [0.15, 0.2) is 0 Å². The molecule has 0 aliphatic rings. The van der Waals surface area contributed by atoms with Gasteiger partial charge in [0.25, 0.3) is 0 Å². The van der Waals surface area contributed by atoms with E-state index in [0.717, 1.165) is 27.5 Å². The second-order valence-corrected chi connectivity index (χ2v) is 8.02. The fourth-order valence-electron chi connectivity index (χ4n) is 2.86. The maximum Gasteiger partial charge on any atom is 0.235 e. The van der Waals surface area contributed by atoms with Crippen LogP contribution in [0.4, 0.5) is 0 Å². The molecule has 0 atom stereocenters. The van der Waals surface area contributed by atoms with E-state index in [1.807, 2.05) is 54.6 Å². The van der Waals surface area contributed by atoms with Crippen LogP contribution in [0.5, 0.6) is 0 Å². The van der Waals surface area contributed by atoms with Gasteiger partial charge in [-0.25, -0.2) is 0 Å². The Morgan fingerprint density at radius 2 is 1.83 bits per heavy atom. The number of hydrogen-bond donors (Lipinski definition) is 1. The van der Waals surface area contributed by atoms with Crippen LogP contribution in [0.25, 0.3) is 39.9 Å². The number of aromatic nitrogens is 6. The third kappa shape index (κ3) is 3.55. The lowest BCUT2D eigenvalue weighted by Gasteiger charge is -1.97. The first-order valence-electron chi connectivity index (χ1n) is 8.64. The highest BCUT2D eigenvalue weighted by molar-refractivity contribution is 7.17.